The highest BCUT2D eigenvalue weighted by molar-refractivity contribution is 7.12. The van der Waals surface area contributed by atoms with E-state index < -0.39 is 16.8 Å². The van der Waals surface area contributed by atoms with Crippen LogP contribution in [0.2, 0.25) is 0 Å². The molecule has 0 fully saturated rings. The topological polar surface area (TPSA) is 81.5 Å². The zero-order valence-electron chi connectivity index (χ0n) is 13.8. The maximum Gasteiger partial charge on any atom is 0.337 e. The van der Waals surface area contributed by atoms with Crippen LogP contribution in [0.5, 0.6) is 0 Å². The summed E-state index contributed by atoms with van der Waals surface area (Å²) in [5.74, 6) is -1.23. The number of hydrogen-bond acceptors (Lipinski definition) is 6. The van der Waals surface area contributed by atoms with Gasteiger partial charge < -0.3 is 10.1 Å². The van der Waals surface area contributed by atoms with Crippen LogP contribution in [0.1, 0.15) is 43.4 Å². The molecule has 1 aliphatic rings. The zero-order valence-corrected chi connectivity index (χ0v) is 14.6. The number of ether oxygens (including phenoxy) is 1. The molecule has 1 N–H and O–H groups in total. The Morgan fingerprint density at radius 3 is 2.43 bits per heavy atom. The molecule has 1 atom stereocenters. The molecule has 0 amide bonds. The van der Waals surface area contributed by atoms with Gasteiger partial charge in [-0.25, -0.2) is 4.79 Å². The average molecular weight is 336 g/mol. The molecule has 0 aliphatic carbocycles. The van der Waals surface area contributed by atoms with Gasteiger partial charge in [-0.05, 0) is 46.8 Å². The summed E-state index contributed by atoms with van der Waals surface area (Å²) in [6, 6.07) is 3.73. The van der Waals surface area contributed by atoms with Crippen molar-refractivity contribution in [3.63, 3.8) is 0 Å². The smallest absolute Gasteiger partial charge is 0.337 e. The first-order chi connectivity index (χ1) is 10.7. The number of aryl methyl sites for hydroxylation is 1. The fourth-order valence-corrected chi connectivity index (χ4v) is 3.65. The van der Waals surface area contributed by atoms with Crippen LogP contribution >= 0.6 is 11.3 Å². The number of rotatable bonds is 4. The summed E-state index contributed by atoms with van der Waals surface area (Å²) in [4.78, 5) is 25.5. The molecule has 0 spiro atoms. The Morgan fingerprint density at radius 2 is 1.96 bits per heavy atom. The number of dihydropyridines is 1. The molecule has 2 rings (SSSR count). The molecule has 23 heavy (non-hydrogen) atoms. The third-order valence-electron chi connectivity index (χ3n) is 3.53. The van der Waals surface area contributed by atoms with Crippen molar-refractivity contribution in [1.29, 1.82) is 0 Å². The number of nitrogens with zero attached hydrogens (tertiary/aromatic N) is 1. The fraction of sp³-hybridized carbons (Fsp3) is 0.438. The summed E-state index contributed by atoms with van der Waals surface area (Å²) in [6.07, 6.45) is -0.292. The molecular formula is C16H20N2O4S. The summed E-state index contributed by atoms with van der Waals surface area (Å²) in [7, 11) is 0. The van der Waals surface area contributed by atoms with Crippen LogP contribution in [0, 0.1) is 17.0 Å². The van der Waals surface area contributed by atoms with Crippen LogP contribution in [0.15, 0.2) is 34.8 Å². The molecular weight excluding hydrogens is 316 g/mol. The van der Waals surface area contributed by atoms with Crippen molar-refractivity contribution in [3.05, 3.63) is 54.7 Å². The van der Waals surface area contributed by atoms with E-state index in [4.69, 9.17) is 4.74 Å². The van der Waals surface area contributed by atoms with Crippen molar-refractivity contribution < 1.29 is 14.5 Å². The van der Waals surface area contributed by atoms with E-state index in [1.807, 2.05) is 19.1 Å². The highest BCUT2D eigenvalue weighted by Crippen LogP contribution is 2.41. The second-order valence-corrected chi connectivity index (χ2v) is 7.09. The van der Waals surface area contributed by atoms with Gasteiger partial charge in [-0.2, -0.15) is 0 Å². The van der Waals surface area contributed by atoms with E-state index >= 15 is 0 Å². The molecule has 7 heteroatoms. The first-order valence-electron chi connectivity index (χ1n) is 7.32. The molecule has 0 saturated carbocycles. The highest BCUT2D eigenvalue weighted by Gasteiger charge is 2.41. The summed E-state index contributed by atoms with van der Waals surface area (Å²) in [6.45, 7) is 8.83. The van der Waals surface area contributed by atoms with E-state index in [9.17, 15) is 14.9 Å². The number of carbonyl (C=O) groups excluding carboxylic acids is 1. The minimum absolute atomic E-state index is 0.00634. The maximum atomic E-state index is 12.5. The monoisotopic (exact) mass is 336 g/mol. The van der Waals surface area contributed by atoms with Gasteiger partial charge in [-0.15, -0.1) is 11.3 Å². The summed E-state index contributed by atoms with van der Waals surface area (Å²) in [5, 5.41) is 14.5. The standard InChI is InChI=1S/C16H20N2O4S/c1-8(2)22-16(19)13-10(4)17-11(5)15(18(20)21)14(13)12-7-6-9(3)23-12/h6-8,14,17H,1-5H3. The lowest BCUT2D eigenvalue weighted by molar-refractivity contribution is -0.430. The van der Waals surface area contributed by atoms with E-state index in [2.05, 4.69) is 5.32 Å². The normalized spacial score (nSPS) is 18.3. The van der Waals surface area contributed by atoms with Gasteiger partial charge in [0.05, 0.1) is 22.3 Å². The van der Waals surface area contributed by atoms with Crippen molar-refractivity contribution in [3.8, 4) is 0 Å². The predicted octanol–water partition coefficient (Wildman–Crippen LogP) is 3.48. The Balaban J connectivity index is 2.59. The third kappa shape index (κ3) is 3.44. The largest absolute Gasteiger partial charge is 0.460 e. The Labute approximate surface area is 139 Å². The number of carbonyl (C=O) groups is 1. The van der Waals surface area contributed by atoms with Crippen LogP contribution in [0.25, 0.3) is 0 Å². The lowest BCUT2D eigenvalue weighted by Crippen LogP contribution is -2.32. The first kappa shape index (κ1) is 17.2. The van der Waals surface area contributed by atoms with Crippen molar-refractivity contribution in [1.82, 2.24) is 5.32 Å². The number of nitro groups is 1. The molecule has 6 nitrogen and oxygen atoms in total. The van der Waals surface area contributed by atoms with Crippen molar-refractivity contribution >= 4 is 17.3 Å². The Morgan fingerprint density at radius 1 is 1.30 bits per heavy atom. The predicted molar refractivity (Wildman–Crippen MR) is 88.6 cm³/mol. The van der Waals surface area contributed by atoms with E-state index in [1.54, 1.807) is 27.7 Å². The van der Waals surface area contributed by atoms with Gasteiger partial charge in [0.15, 0.2) is 0 Å². The van der Waals surface area contributed by atoms with Crippen LogP contribution in [0.3, 0.4) is 0 Å². The minimum Gasteiger partial charge on any atom is -0.460 e. The maximum absolute atomic E-state index is 12.5. The van der Waals surface area contributed by atoms with Crippen LogP contribution in [-0.2, 0) is 9.53 Å². The molecule has 0 aromatic carbocycles. The van der Waals surface area contributed by atoms with E-state index in [-0.39, 0.29) is 11.8 Å². The Bertz CT molecular complexity index is 715. The van der Waals surface area contributed by atoms with Gasteiger partial charge in [0.2, 0.25) is 0 Å². The van der Waals surface area contributed by atoms with Crippen LogP contribution < -0.4 is 5.32 Å². The third-order valence-corrected chi connectivity index (χ3v) is 4.60. The first-order valence-corrected chi connectivity index (χ1v) is 8.14. The van der Waals surface area contributed by atoms with Gasteiger partial charge >= 0.3 is 5.97 Å². The van der Waals surface area contributed by atoms with Gasteiger partial charge in [0.1, 0.15) is 5.92 Å². The number of nitrogens with one attached hydrogen (secondary N) is 1. The molecule has 1 unspecified atom stereocenters. The number of esters is 1. The lowest BCUT2D eigenvalue weighted by atomic mass is 9.88. The van der Waals surface area contributed by atoms with Crippen LogP contribution in [-0.4, -0.2) is 17.0 Å². The fourth-order valence-electron chi connectivity index (χ4n) is 2.66. The lowest BCUT2D eigenvalue weighted by Gasteiger charge is -2.26. The zero-order chi connectivity index (χ0) is 17.3. The van der Waals surface area contributed by atoms with Crippen molar-refractivity contribution in [2.75, 3.05) is 0 Å². The van der Waals surface area contributed by atoms with E-state index in [1.165, 1.54) is 11.3 Å². The van der Waals surface area contributed by atoms with Gasteiger partial charge in [-0.1, -0.05) is 0 Å². The summed E-state index contributed by atoms with van der Waals surface area (Å²) >= 11 is 1.45. The Hall–Kier alpha value is -2.15. The molecule has 1 aliphatic heterocycles. The second-order valence-electron chi connectivity index (χ2n) is 5.77. The van der Waals surface area contributed by atoms with E-state index in [0.717, 1.165) is 9.75 Å². The molecule has 2 heterocycles. The number of allylic oxidation sites excluding steroid dienone is 3. The molecule has 0 radical (unpaired) electrons. The molecule has 124 valence electrons. The summed E-state index contributed by atoms with van der Waals surface area (Å²) in [5.41, 5.74) is 1.34. The molecule has 1 aromatic heterocycles. The number of hydrogen-bond donors (Lipinski definition) is 1. The second kappa shape index (κ2) is 6.54. The molecule has 0 saturated heterocycles. The molecule has 1 aromatic rings. The van der Waals surface area contributed by atoms with E-state index in [0.29, 0.717) is 17.0 Å². The van der Waals surface area contributed by atoms with Gasteiger partial charge in [0, 0.05) is 15.5 Å². The molecule has 0 bridgehead atoms. The van der Waals surface area contributed by atoms with Gasteiger partial charge in [-0.3, -0.25) is 10.1 Å². The summed E-state index contributed by atoms with van der Waals surface area (Å²) < 4.78 is 5.30. The SMILES string of the molecule is CC1=C(C(=O)OC(C)C)C(c2ccc(C)s2)C([N+](=O)[O-])=C(C)N1. The van der Waals surface area contributed by atoms with Crippen molar-refractivity contribution in [2.45, 2.75) is 46.6 Å². The van der Waals surface area contributed by atoms with Gasteiger partial charge in [0.25, 0.3) is 5.70 Å². The minimum atomic E-state index is -0.712. The van der Waals surface area contributed by atoms with Crippen LogP contribution in [0.4, 0.5) is 0 Å². The number of thiophene rings is 1. The van der Waals surface area contributed by atoms with Crippen molar-refractivity contribution in [2.24, 2.45) is 0 Å². The highest BCUT2D eigenvalue weighted by atomic mass is 32.1. The quantitative estimate of drug-likeness (QED) is 0.517. The average Bonchev–Trinajstić information content (AvgIpc) is 2.82. The Kier molecular flexibility index (Phi) is 4.89.